The van der Waals surface area contributed by atoms with Crippen molar-refractivity contribution in [2.75, 3.05) is 12.0 Å². The zero-order valence-corrected chi connectivity index (χ0v) is 16.7. The fourth-order valence-electron chi connectivity index (χ4n) is 2.79. The van der Waals surface area contributed by atoms with E-state index in [1.54, 1.807) is 22.9 Å². The van der Waals surface area contributed by atoms with Crippen molar-refractivity contribution in [2.24, 2.45) is 0 Å². The average molecular weight is 402 g/mol. The van der Waals surface area contributed by atoms with Gasteiger partial charge in [0.25, 0.3) is 0 Å². The van der Waals surface area contributed by atoms with Crippen LogP contribution in [-0.4, -0.2) is 21.5 Å². The van der Waals surface area contributed by atoms with E-state index in [1.165, 1.54) is 6.07 Å². The van der Waals surface area contributed by atoms with Gasteiger partial charge in [0, 0.05) is 17.5 Å². The molecule has 0 spiro atoms. The van der Waals surface area contributed by atoms with E-state index in [-0.39, 0.29) is 12.4 Å². The average Bonchev–Trinajstić information content (AvgIpc) is 3.06. The van der Waals surface area contributed by atoms with Gasteiger partial charge in [-0.2, -0.15) is 5.10 Å². The van der Waals surface area contributed by atoms with E-state index in [0.717, 1.165) is 17.8 Å². The highest BCUT2D eigenvalue weighted by Crippen LogP contribution is 2.32. The zero-order chi connectivity index (χ0) is 19.9. The molecule has 1 heterocycles. The molecule has 0 fully saturated rings. The van der Waals surface area contributed by atoms with E-state index in [2.05, 4.69) is 15.6 Å². The van der Waals surface area contributed by atoms with Crippen molar-refractivity contribution < 1.29 is 13.9 Å². The fourth-order valence-corrected chi connectivity index (χ4v) is 3.01. The van der Waals surface area contributed by atoms with Gasteiger partial charge >= 0.3 is 0 Å². The van der Waals surface area contributed by atoms with Crippen molar-refractivity contribution in [3.63, 3.8) is 0 Å². The Labute approximate surface area is 168 Å². The summed E-state index contributed by atoms with van der Waals surface area (Å²) in [5.74, 6) is 1.70. The van der Waals surface area contributed by atoms with Crippen LogP contribution in [0.3, 0.4) is 0 Å². The van der Waals surface area contributed by atoms with Gasteiger partial charge in [0.15, 0.2) is 17.3 Å². The Morgan fingerprint density at radius 2 is 1.89 bits per heavy atom. The summed E-state index contributed by atoms with van der Waals surface area (Å²) in [6.07, 6.45) is 0.732. The first kappa shape index (κ1) is 19.9. The van der Waals surface area contributed by atoms with Crippen molar-refractivity contribution in [1.82, 2.24) is 14.9 Å². The monoisotopic (exact) mass is 402 g/mol. The minimum atomic E-state index is -0.298. The van der Waals surface area contributed by atoms with Gasteiger partial charge in [0.2, 0.25) is 4.77 Å². The minimum absolute atomic E-state index is 0.106. The molecule has 0 bridgehead atoms. The Morgan fingerprint density at radius 3 is 2.64 bits per heavy atom. The smallest absolute Gasteiger partial charge is 0.214 e. The van der Waals surface area contributed by atoms with Crippen molar-refractivity contribution in [3.05, 3.63) is 70.0 Å². The van der Waals surface area contributed by atoms with Crippen LogP contribution in [0.4, 0.5) is 4.39 Å². The molecule has 0 atom stereocenters. The molecule has 0 aliphatic heterocycles. The number of nitrogens with one attached hydrogen (secondary N) is 2. The molecule has 2 aromatic carbocycles. The number of ether oxygens (including phenoxy) is 2. The number of H-pyrrole nitrogens is 1. The van der Waals surface area contributed by atoms with Crippen LogP contribution < -0.4 is 14.9 Å². The van der Waals surface area contributed by atoms with E-state index < -0.39 is 0 Å². The van der Waals surface area contributed by atoms with E-state index in [4.69, 9.17) is 21.7 Å². The van der Waals surface area contributed by atoms with Crippen LogP contribution in [0.1, 0.15) is 30.8 Å². The molecule has 0 aliphatic rings. The van der Waals surface area contributed by atoms with E-state index in [0.29, 0.717) is 35.0 Å². The normalized spacial score (nSPS) is 10.7. The Balaban J connectivity index is 1.84. The first-order valence-electron chi connectivity index (χ1n) is 9.15. The maximum absolute atomic E-state index is 14.0. The van der Waals surface area contributed by atoms with Crippen LogP contribution in [0.15, 0.2) is 42.5 Å². The van der Waals surface area contributed by atoms with Gasteiger partial charge < -0.3 is 14.9 Å². The van der Waals surface area contributed by atoms with Crippen molar-refractivity contribution in [1.29, 1.82) is 0 Å². The summed E-state index contributed by atoms with van der Waals surface area (Å²) in [4.78, 5) is 0. The van der Waals surface area contributed by atoms with Crippen LogP contribution in [0, 0.1) is 10.6 Å². The van der Waals surface area contributed by atoms with Gasteiger partial charge in [-0.3, -0.25) is 5.10 Å². The molecule has 8 heteroatoms. The van der Waals surface area contributed by atoms with Gasteiger partial charge in [-0.1, -0.05) is 37.3 Å². The standard InChI is InChI=1S/C20H23FN4O2S/c1-3-18-23-24-20(28)25(18)22-12-14-9-7-11-17(26-4-2)19(14)27-13-15-8-5-6-10-16(15)21/h5-11,22H,3-4,12-13H2,1-2H3,(H,24,28). The zero-order valence-electron chi connectivity index (χ0n) is 15.9. The molecule has 0 saturated carbocycles. The fraction of sp³-hybridized carbons (Fsp3) is 0.300. The number of nitrogens with zero attached hydrogens (tertiary/aromatic N) is 2. The molecule has 0 aliphatic carbocycles. The Bertz CT molecular complexity index is 986. The van der Waals surface area contributed by atoms with Crippen molar-refractivity contribution >= 4 is 12.2 Å². The number of benzene rings is 2. The lowest BCUT2D eigenvalue weighted by Crippen LogP contribution is -2.18. The van der Waals surface area contributed by atoms with Crippen molar-refractivity contribution in [2.45, 2.75) is 33.4 Å². The molecular weight excluding hydrogens is 379 g/mol. The number of hydrogen-bond acceptors (Lipinski definition) is 5. The largest absolute Gasteiger partial charge is 0.490 e. The lowest BCUT2D eigenvalue weighted by Gasteiger charge is -2.17. The van der Waals surface area contributed by atoms with Gasteiger partial charge in [-0.15, -0.1) is 0 Å². The Morgan fingerprint density at radius 1 is 1.11 bits per heavy atom. The number of para-hydroxylation sites is 1. The molecular formula is C20H23FN4O2S. The van der Waals surface area contributed by atoms with Gasteiger partial charge in [-0.25, -0.2) is 9.07 Å². The highest BCUT2D eigenvalue weighted by molar-refractivity contribution is 7.71. The third-order valence-electron chi connectivity index (χ3n) is 4.18. The topological polar surface area (TPSA) is 64.1 Å². The molecule has 0 unspecified atom stereocenters. The number of aryl methyl sites for hydroxylation is 1. The molecule has 148 valence electrons. The maximum atomic E-state index is 14.0. The first-order chi connectivity index (χ1) is 13.6. The van der Waals surface area contributed by atoms with Crippen molar-refractivity contribution in [3.8, 4) is 11.5 Å². The highest BCUT2D eigenvalue weighted by atomic mass is 32.1. The van der Waals surface area contributed by atoms with Gasteiger partial charge in [0.05, 0.1) is 13.2 Å². The molecule has 0 radical (unpaired) electrons. The number of aromatic amines is 1. The van der Waals surface area contributed by atoms with Gasteiger partial charge in [0.1, 0.15) is 12.4 Å². The number of halogens is 1. The van der Waals surface area contributed by atoms with Crippen LogP contribution >= 0.6 is 12.2 Å². The van der Waals surface area contributed by atoms with Crippen LogP contribution in [-0.2, 0) is 19.6 Å². The molecule has 6 nitrogen and oxygen atoms in total. The maximum Gasteiger partial charge on any atom is 0.214 e. The second kappa shape index (κ2) is 9.36. The summed E-state index contributed by atoms with van der Waals surface area (Å²) in [5.41, 5.74) is 4.61. The summed E-state index contributed by atoms with van der Waals surface area (Å²) >= 11 is 5.27. The molecule has 28 heavy (non-hydrogen) atoms. The number of aromatic nitrogens is 3. The van der Waals surface area contributed by atoms with Gasteiger partial charge in [-0.05, 0) is 31.3 Å². The van der Waals surface area contributed by atoms with Crippen LogP contribution in [0.2, 0.25) is 0 Å². The first-order valence-corrected chi connectivity index (χ1v) is 9.55. The Kier molecular flexibility index (Phi) is 6.65. The SMILES string of the molecule is CCOc1cccc(CNn2c(CC)n[nH]c2=S)c1OCc1ccccc1F. The third-order valence-corrected chi connectivity index (χ3v) is 4.45. The van der Waals surface area contributed by atoms with Crippen LogP contribution in [0.5, 0.6) is 11.5 Å². The second-order valence-electron chi connectivity index (χ2n) is 6.03. The van der Waals surface area contributed by atoms with Crippen LogP contribution in [0.25, 0.3) is 0 Å². The summed E-state index contributed by atoms with van der Waals surface area (Å²) in [7, 11) is 0. The molecule has 0 amide bonds. The third kappa shape index (κ3) is 4.51. The lowest BCUT2D eigenvalue weighted by atomic mass is 10.1. The Hall–Kier alpha value is -2.87. The van der Waals surface area contributed by atoms with E-state index in [1.807, 2.05) is 32.0 Å². The second-order valence-corrected chi connectivity index (χ2v) is 6.41. The lowest BCUT2D eigenvalue weighted by molar-refractivity contribution is 0.263. The number of rotatable bonds is 9. The predicted octanol–water partition coefficient (Wildman–Crippen LogP) is 4.36. The molecule has 3 aromatic rings. The number of hydrogen-bond donors (Lipinski definition) is 2. The van der Waals surface area contributed by atoms with E-state index >= 15 is 0 Å². The summed E-state index contributed by atoms with van der Waals surface area (Å²) < 4.78 is 27.9. The summed E-state index contributed by atoms with van der Waals surface area (Å²) in [6.45, 7) is 4.95. The molecule has 1 aromatic heterocycles. The predicted molar refractivity (Wildman–Crippen MR) is 108 cm³/mol. The molecule has 3 rings (SSSR count). The molecule has 0 saturated heterocycles. The molecule has 2 N–H and O–H groups in total. The van der Waals surface area contributed by atoms with E-state index in [9.17, 15) is 4.39 Å². The quantitative estimate of drug-likeness (QED) is 0.521. The highest BCUT2D eigenvalue weighted by Gasteiger charge is 2.13. The summed E-state index contributed by atoms with van der Waals surface area (Å²) in [6, 6.07) is 12.2. The minimum Gasteiger partial charge on any atom is -0.490 e. The summed E-state index contributed by atoms with van der Waals surface area (Å²) in [5, 5.41) is 6.97.